The molecule has 16 heavy (non-hydrogen) atoms. The summed E-state index contributed by atoms with van der Waals surface area (Å²) in [6, 6.07) is 0. The average molecular weight is 266 g/mol. The van der Waals surface area contributed by atoms with Crippen molar-refractivity contribution in [2.75, 3.05) is 13.2 Å². The Morgan fingerprint density at radius 3 is 2.75 bits per heavy atom. The summed E-state index contributed by atoms with van der Waals surface area (Å²) in [6.07, 6.45) is 1.47. The molecule has 0 spiro atoms. The van der Waals surface area contributed by atoms with E-state index in [1.807, 2.05) is 6.92 Å². The van der Waals surface area contributed by atoms with E-state index in [1.54, 1.807) is 6.08 Å². The van der Waals surface area contributed by atoms with Crippen molar-refractivity contribution in [3.05, 3.63) is 21.9 Å². The first-order valence-electron chi connectivity index (χ1n) is 4.80. The van der Waals surface area contributed by atoms with Gasteiger partial charge in [-0.15, -0.1) is 0 Å². The van der Waals surface area contributed by atoms with Crippen LogP contribution in [0.5, 0.6) is 0 Å². The highest BCUT2D eigenvalue weighted by molar-refractivity contribution is 8.08. The van der Waals surface area contributed by atoms with Gasteiger partial charge in [0.2, 0.25) is 0 Å². The summed E-state index contributed by atoms with van der Waals surface area (Å²) in [4.78, 5) is 12.0. The number of halogens is 1. The second-order valence-electron chi connectivity index (χ2n) is 2.98. The Morgan fingerprint density at radius 2 is 2.31 bits per heavy atom. The van der Waals surface area contributed by atoms with Crippen LogP contribution >= 0.6 is 23.4 Å². The molecule has 0 radical (unpaired) electrons. The molecule has 6 heteroatoms. The van der Waals surface area contributed by atoms with Gasteiger partial charge in [0.1, 0.15) is 0 Å². The summed E-state index contributed by atoms with van der Waals surface area (Å²) in [5.41, 5.74) is 0. The molecule has 3 N–H and O–H groups in total. The van der Waals surface area contributed by atoms with Crippen LogP contribution in [0.25, 0.3) is 0 Å². The number of nitrogens with one attached hydrogen (secondary N) is 1. The number of carbonyl (C=O) groups excluding carboxylic acids is 1. The third kappa shape index (κ3) is 6.90. The van der Waals surface area contributed by atoms with Gasteiger partial charge in [0.25, 0.3) is 5.91 Å². The predicted octanol–water partition coefficient (Wildman–Crippen LogP) is 1.19. The first-order valence-corrected chi connectivity index (χ1v) is 6.00. The van der Waals surface area contributed by atoms with Crippen molar-refractivity contribution >= 4 is 29.3 Å². The summed E-state index contributed by atoms with van der Waals surface area (Å²) in [7, 11) is 0. The Morgan fingerprint density at radius 1 is 1.69 bits per heavy atom. The molecule has 0 fully saturated rings. The maximum Gasteiger partial charge on any atom is 0.257 e. The maximum atomic E-state index is 11.6. The normalized spacial score (nSPS) is 13.4. The van der Waals surface area contributed by atoms with Crippen LogP contribution in [0.2, 0.25) is 0 Å². The lowest BCUT2D eigenvalue weighted by atomic mass is 10.3. The molecule has 0 saturated heterocycles. The summed E-state index contributed by atoms with van der Waals surface area (Å²) >= 11 is 6.67. The molecular weight excluding hydrogens is 250 g/mol. The minimum absolute atomic E-state index is 0.00566. The number of hydrogen-bond donors (Lipinski definition) is 3. The van der Waals surface area contributed by atoms with E-state index in [0.717, 1.165) is 11.8 Å². The Balaban J connectivity index is 4.29. The van der Waals surface area contributed by atoms with Gasteiger partial charge in [0.15, 0.2) is 0 Å². The highest BCUT2D eigenvalue weighted by Crippen LogP contribution is 2.27. The van der Waals surface area contributed by atoms with Crippen molar-refractivity contribution in [3.63, 3.8) is 0 Å². The number of rotatable bonds is 7. The average Bonchev–Trinajstić information content (AvgIpc) is 2.24. The zero-order valence-electron chi connectivity index (χ0n) is 9.07. The molecule has 4 nitrogen and oxygen atoms in total. The zero-order chi connectivity index (χ0) is 12.6. The lowest BCUT2D eigenvalue weighted by Crippen LogP contribution is -2.34. The quantitative estimate of drug-likeness (QED) is 0.605. The molecule has 1 unspecified atom stereocenters. The van der Waals surface area contributed by atoms with Gasteiger partial charge < -0.3 is 15.5 Å². The molecule has 0 heterocycles. The van der Waals surface area contributed by atoms with E-state index in [0.29, 0.717) is 15.7 Å². The third-order valence-electron chi connectivity index (χ3n) is 1.54. The molecule has 0 aromatic heterocycles. The Kier molecular flexibility index (Phi) is 8.37. The second-order valence-corrected chi connectivity index (χ2v) is 4.80. The minimum Gasteiger partial charge on any atom is -0.394 e. The zero-order valence-corrected chi connectivity index (χ0v) is 10.6. The SMILES string of the molecule is C=C(Cl)S/C(=C\CC)C(=O)NCC(O)CO. The molecule has 0 aliphatic carbocycles. The molecule has 1 amide bonds. The molecule has 0 saturated carbocycles. The van der Waals surface area contributed by atoms with Crippen LogP contribution in [0.4, 0.5) is 0 Å². The van der Waals surface area contributed by atoms with Gasteiger partial charge >= 0.3 is 0 Å². The van der Waals surface area contributed by atoms with Crippen molar-refractivity contribution in [3.8, 4) is 0 Å². The van der Waals surface area contributed by atoms with Crippen LogP contribution in [0, 0.1) is 0 Å². The molecule has 0 rings (SSSR count). The first-order chi connectivity index (χ1) is 7.51. The molecule has 0 aromatic rings. The van der Waals surface area contributed by atoms with Gasteiger partial charge in [0, 0.05) is 6.54 Å². The van der Waals surface area contributed by atoms with Crippen molar-refractivity contribution < 1.29 is 15.0 Å². The van der Waals surface area contributed by atoms with E-state index in [1.165, 1.54) is 0 Å². The number of amides is 1. The van der Waals surface area contributed by atoms with Gasteiger partial charge in [-0.2, -0.15) is 0 Å². The van der Waals surface area contributed by atoms with Crippen molar-refractivity contribution in [2.45, 2.75) is 19.4 Å². The number of hydrogen-bond acceptors (Lipinski definition) is 4. The standard InChI is InChI=1S/C10H16ClNO3S/c1-3-4-9(16-7(2)11)10(15)12-5-8(14)6-13/h4,8,13-14H,2-3,5-6H2,1H3,(H,12,15)/b9-4-. The molecule has 0 aliphatic heterocycles. The van der Waals surface area contributed by atoms with Crippen LogP contribution in [-0.4, -0.2) is 35.4 Å². The Bertz CT molecular complexity index is 281. The van der Waals surface area contributed by atoms with Crippen molar-refractivity contribution in [1.29, 1.82) is 0 Å². The fourth-order valence-corrected chi connectivity index (χ4v) is 1.75. The highest BCUT2D eigenvalue weighted by atomic mass is 35.5. The van der Waals surface area contributed by atoms with Crippen LogP contribution < -0.4 is 5.32 Å². The smallest absolute Gasteiger partial charge is 0.257 e. The molecule has 1 atom stereocenters. The van der Waals surface area contributed by atoms with E-state index in [9.17, 15) is 4.79 Å². The lowest BCUT2D eigenvalue weighted by Gasteiger charge is -2.10. The topological polar surface area (TPSA) is 69.6 Å². The van der Waals surface area contributed by atoms with Crippen LogP contribution in [-0.2, 0) is 4.79 Å². The van der Waals surface area contributed by atoms with Gasteiger partial charge in [-0.3, -0.25) is 4.79 Å². The van der Waals surface area contributed by atoms with Crippen molar-refractivity contribution in [1.82, 2.24) is 5.32 Å². The highest BCUT2D eigenvalue weighted by Gasteiger charge is 2.12. The summed E-state index contributed by atoms with van der Waals surface area (Å²) in [6.45, 7) is 5.00. The molecular formula is C10H16ClNO3S. The summed E-state index contributed by atoms with van der Waals surface area (Å²) in [5, 5.41) is 20.1. The van der Waals surface area contributed by atoms with E-state index in [4.69, 9.17) is 21.8 Å². The number of carbonyl (C=O) groups is 1. The van der Waals surface area contributed by atoms with E-state index < -0.39 is 6.10 Å². The lowest BCUT2D eigenvalue weighted by molar-refractivity contribution is -0.117. The number of aliphatic hydroxyl groups excluding tert-OH is 2. The van der Waals surface area contributed by atoms with E-state index in [-0.39, 0.29) is 19.1 Å². The largest absolute Gasteiger partial charge is 0.394 e. The van der Waals surface area contributed by atoms with Gasteiger partial charge in [-0.05, 0) is 6.42 Å². The van der Waals surface area contributed by atoms with Crippen molar-refractivity contribution in [2.24, 2.45) is 0 Å². The fourth-order valence-electron chi connectivity index (χ4n) is 0.848. The molecule has 0 aromatic carbocycles. The molecule has 0 bridgehead atoms. The van der Waals surface area contributed by atoms with Crippen LogP contribution in [0.1, 0.15) is 13.3 Å². The minimum atomic E-state index is -0.948. The third-order valence-corrected chi connectivity index (χ3v) is 2.57. The Labute approximate surface area is 104 Å². The monoisotopic (exact) mass is 265 g/mol. The number of allylic oxidation sites excluding steroid dienone is 1. The van der Waals surface area contributed by atoms with E-state index >= 15 is 0 Å². The Hall–Kier alpha value is -0.490. The summed E-state index contributed by atoms with van der Waals surface area (Å²) in [5.74, 6) is -0.332. The summed E-state index contributed by atoms with van der Waals surface area (Å²) < 4.78 is 0.303. The fraction of sp³-hybridized carbons (Fsp3) is 0.500. The van der Waals surface area contributed by atoms with Crippen LogP contribution in [0.3, 0.4) is 0 Å². The van der Waals surface area contributed by atoms with Gasteiger partial charge in [0.05, 0.1) is 22.0 Å². The van der Waals surface area contributed by atoms with Gasteiger partial charge in [-0.1, -0.05) is 42.9 Å². The number of aliphatic hydroxyl groups is 2. The van der Waals surface area contributed by atoms with E-state index in [2.05, 4.69) is 11.9 Å². The first kappa shape index (κ1) is 15.5. The van der Waals surface area contributed by atoms with Gasteiger partial charge in [-0.25, -0.2) is 0 Å². The maximum absolute atomic E-state index is 11.6. The van der Waals surface area contributed by atoms with Crippen LogP contribution in [0.15, 0.2) is 21.9 Å². The molecule has 92 valence electrons. The second kappa shape index (κ2) is 8.64. The number of thioether (sulfide) groups is 1. The molecule has 0 aliphatic rings. The predicted molar refractivity (Wildman–Crippen MR) is 67.1 cm³/mol.